The number of aromatic carboxylic acids is 1. The van der Waals surface area contributed by atoms with Crippen LogP contribution in [-0.4, -0.2) is 22.1 Å². The Morgan fingerprint density at radius 2 is 1.59 bits per heavy atom. The van der Waals surface area contributed by atoms with Gasteiger partial charge in [0.1, 0.15) is 11.4 Å². The van der Waals surface area contributed by atoms with Crippen LogP contribution in [0, 0.1) is 0 Å². The first-order valence-electron chi connectivity index (χ1n) is 5.78. The summed E-state index contributed by atoms with van der Waals surface area (Å²) in [7, 11) is 0. The van der Waals surface area contributed by atoms with E-state index in [2.05, 4.69) is 15.6 Å². The number of carbonyl (C=O) groups excluding carboxylic acids is 1. The number of pyridine rings is 1. The third kappa shape index (κ3) is 4.24. The highest BCUT2D eigenvalue weighted by molar-refractivity contribution is 6.35. The van der Waals surface area contributed by atoms with Crippen LogP contribution in [0.25, 0.3) is 0 Å². The van der Waals surface area contributed by atoms with Crippen molar-refractivity contribution in [2.45, 2.75) is 0 Å². The molecule has 6 nitrogen and oxygen atoms in total. The van der Waals surface area contributed by atoms with E-state index in [0.717, 1.165) is 0 Å². The number of hydrogen-bond donors (Lipinski definition) is 3. The molecule has 2 amide bonds. The predicted octanol–water partition coefficient (Wildman–Crippen LogP) is 4.38. The number of carboxylic acids is 1. The zero-order chi connectivity index (χ0) is 16.3. The van der Waals surface area contributed by atoms with Crippen molar-refractivity contribution < 1.29 is 14.7 Å². The summed E-state index contributed by atoms with van der Waals surface area (Å²) in [4.78, 5) is 26.8. The Morgan fingerprint density at radius 3 is 2.18 bits per heavy atom. The van der Waals surface area contributed by atoms with Crippen molar-refractivity contribution in [3.05, 3.63) is 51.1 Å². The van der Waals surface area contributed by atoms with Crippen LogP contribution in [0.5, 0.6) is 0 Å². The van der Waals surface area contributed by atoms with Crippen LogP contribution in [0.1, 0.15) is 10.4 Å². The molecule has 0 unspecified atom stereocenters. The van der Waals surface area contributed by atoms with Crippen LogP contribution >= 0.6 is 34.8 Å². The van der Waals surface area contributed by atoms with Crippen LogP contribution in [-0.2, 0) is 0 Å². The van der Waals surface area contributed by atoms with Crippen LogP contribution < -0.4 is 10.6 Å². The van der Waals surface area contributed by atoms with E-state index in [-0.39, 0.29) is 16.4 Å². The fourth-order valence-corrected chi connectivity index (χ4v) is 2.28. The van der Waals surface area contributed by atoms with Crippen LogP contribution in [0.15, 0.2) is 30.5 Å². The summed E-state index contributed by atoms with van der Waals surface area (Å²) in [5.41, 5.74) is 0.118. The molecule has 0 aliphatic rings. The van der Waals surface area contributed by atoms with E-state index in [0.29, 0.717) is 15.7 Å². The minimum Gasteiger partial charge on any atom is -0.478 e. The average molecular weight is 361 g/mol. The number of carbonyl (C=O) groups is 2. The van der Waals surface area contributed by atoms with Crippen molar-refractivity contribution in [2.24, 2.45) is 0 Å². The van der Waals surface area contributed by atoms with E-state index in [1.807, 2.05) is 0 Å². The Hall–Kier alpha value is -2.02. The van der Waals surface area contributed by atoms with E-state index < -0.39 is 12.0 Å². The van der Waals surface area contributed by atoms with Crippen molar-refractivity contribution >= 4 is 58.3 Å². The summed E-state index contributed by atoms with van der Waals surface area (Å²) in [6.45, 7) is 0. The van der Waals surface area contributed by atoms with Gasteiger partial charge in [-0.1, -0.05) is 34.8 Å². The van der Waals surface area contributed by atoms with Crippen molar-refractivity contribution in [3.8, 4) is 0 Å². The van der Waals surface area contributed by atoms with Gasteiger partial charge in [0.05, 0.1) is 5.02 Å². The first-order chi connectivity index (χ1) is 10.3. The van der Waals surface area contributed by atoms with Gasteiger partial charge < -0.3 is 10.4 Å². The predicted molar refractivity (Wildman–Crippen MR) is 85.3 cm³/mol. The number of rotatable bonds is 3. The van der Waals surface area contributed by atoms with Crippen LogP contribution in [0.4, 0.5) is 16.3 Å². The highest BCUT2D eigenvalue weighted by Crippen LogP contribution is 2.23. The molecule has 1 aromatic heterocycles. The summed E-state index contributed by atoms with van der Waals surface area (Å²) < 4.78 is 0. The first-order valence-corrected chi connectivity index (χ1v) is 6.91. The van der Waals surface area contributed by atoms with Crippen molar-refractivity contribution in [1.82, 2.24) is 4.98 Å². The number of halogens is 3. The van der Waals surface area contributed by atoms with Gasteiger partial charge in [0, 0.05) is 21.9 Å². The molecule has 2 rings (SSSR count). The molecule has 1 aromatic carbocycles. The van der Waals surface area contributed by atoms with Gasteiger partial charge in [0.25, 0.3) is 0 Å². The lowest BCUT2D eigenvalue weighted by molar-refractivity contribution is 0.0697. The molecule has 2 aromatic rings. The third-order valence-corrected chi connectivity index (χ3v) is 3.08. The maximum atomic E-state index is 11.9. The van der Waals surface area contributed by atoms with E-state index in [9.17, 15) is 9.59 Å². The number of aromatic nitrogens is 1. The molecular formula is C13H8Cl3N3O3. The molecule has 0 aliphatic carbocycles. The Morgan fingerprint density at radius 1 is 0.955 bits per heavy atom. The molecular weight excluding hydrogens is 353 g/mol. The summed E-state index contributed by atoms with van der Waals surface area (Å²) in [5.74, 6) is -1.40. The first kappa shape index (κ1) is 16.4. The summed E-state index contributed by atoms with van der Waals surface area (Å²) in [5, 5.41) is 14.7. The average Bonchev–Trinajstić information content (AvgIpc) is 2.39. The molecule has 3 N–H and O–H groups in total. The molecule has 0 spiro atoms. The lowest BCUT2D eigenvalue weighted by atomic mass is 10.2. The quantitative estimate of drug-likeness (QED) is 0.757. The molecule has 0 saturated carbocycles. The number of anilines is 2. The monoisotopic (exact) mass is 359 g/mol. The minimum absolute atomic E-state index is 0.137. The second-order valence-electron chi connectivity index (χ2n) is 4.09. The fraction of sp³-hybridized carbons (Fsp3) is 0. The van der Waals surface area contributed by atoms with E-state index >= 15 is 0 Å². The van der Waals surface area contributed by atoms with Gasteiger partial charge in [0.15, 0.2) is 0 Å². The van der Waals surface area contributed by atoms with E-state index in [4.69, 9.17) is 39.9 Å². The highest BCUT2D eigenvalue weighted by Gasteiger charge is 2.15. The Balaban J connectivity index is 2.17. The number of hydrogen-bond acceptors (Lipinski definition) is 3. The van der Waals surface area contributed by atoms with Gasteiger partial charge >= 0.3 is 12.0 Å². The normalized spacial score (nSPS) is 10.1. The Labute approximate surface area is 140 Å². The summed E-state index contributed by atoms with van der Waals surface area (Å²) in [6, 6.07) is 4.97. The van der Waals surface area contributed by atoms with Crippen molar-refractivity contribution in [2.75, 3.05) is 10.6 Å². The molecule has 0 bridgehead atoms. The lowest BCUT2D eigenvalue weighted by Gasteiger charge is -2.10. The topological polar surface area (TPSA) is 91.3 Å². The highest BCUT2D eigenvalue weighted by atomic mass is 35.5. The summed E-state index contributed by atoms with van der Waals surface area (Å²) in [6.07, 6.45) is 1.22. The van der Waals surface area contributed by atoms with Crippen LogP contribution in [0.2, 0.25) is 15.1 Å². The number of nitrogens with one attached hydrogen (secondary N) is 2. The standard InChI is InChI=1S/C13H8Cl3N3O3/c14-6-1-7(15)3-9(2-6)18-13(22)19-11-10(12(20)21)4-8(16)5-17-11/h1-5H,(H,20,21)(H2,17,18,19,22). The Kier molecular flexibility index (Phi) is 5.07. The van der Waals surface area contributed by atoms with Gasteiger partial charge in [-0.25, -0.2) is 14.6 Å². The Bertz CT molecular complexity index is 732. The van der Waals surface area contributed by atoms with Gasteiger partial charge in [0.2, 0.25) is 0 Å². The SMILES string of the molecule is O=C(Nc1cc(Cl)cc(Cl)c1)Nc1ncc(Cl)cc1C(=O)O. The fourth-order valence-electron chi connectivity index (χ4n) is 1.60. The minimum atomic E-state index is -1.27. The molecule has 0 fully saturated rings. The number of benzene rings is 1. The third-order valence-electron chi connectivity index (χ3n) is 2.44. The molecule has 1 heterocycles. The summed E-state index contributed by atoms with van der Waals surface area (Å²) >= 11 is 17.3. The molecule has 22 heavy (non-hydrogen) atoms. The smallest absolute Gasteiger partial charge is 0.339 e. The largest absolute Gasteiger partial charge is 0.478 e. The maximum absolute atomic E-state index is 11.9. The molecule has 114 valence electrons. The number of amides is 2. The zero-order valence-corrected chi connectivity index (χ0v) is 13.0. The molecule has 0 aliphatic heterocycles. The van der Waals surface area contributed by atoms with Crippen LogP contribution in [0.3, 0.4) is 0 Å². The van der Waals surface area contributed by atoms with E-state index in [1.54, 1.807) is 0 Å². The maximum Gasteiger partial charge on any atom is 0.339 e. The second kappa shape index (κ2) is 6.83. The molecule has 0 atom stereocenters. The van der Waals surface area contributed by atoms with Gasteiger partial charge in [-0.05, 0) is 24.3 Å². The molecule has 0 saturated heterocycles. The van der Waals surface area contributed by atoms with Crippen molar-refractivity contribution in [1.29, 1.82) is 0 Å². The van der Waals surface area contributed by atoms with Gasteiger partial charge in [-0.3, -0.25) is 5.32 Å². The van der Waals surface area contributed by atoms with Crippen molar-refractivity contribution in [3.63, 3.8) is 0 Å². The van der Waals surface area contributed by atoms with Gasteiger partial charge in [-0.15, -0.1) is 0 Å². The van der Waals surface area contributed by atoms with E-state index in [1.165, 1.54) is 30.5 Å². The van der Waals surface area contributed by atoms with Gasteiger partial charge in [-0.2, -0.15) is 0 Å². The number of carboxylic acid groups (broad SMARTS) is 1. The lowest BCUT2D eigenvalue weighted by Crippen LogP contribution is -2.21. The number of nitrogens with zero attached hydrogens (tertiary/aromatic N) is 1. The zero-order valence-electron chi connectivity index (χ0n) is 10.7. The second-order valence-corrected chi connectivity index (χ2v) is 5.40. The molecule has 9 heteroatoms. The molecule has 0 radical (unpaired) electrons. The number of urea groups is 1.